The molecule has 6 nitrogen and oxygen atoms in total. The normalized spacial score (nSPS) is 10.5. The Bertz CT molecular complexity index is 882. The van der Waals surface area contributed by atoms with Gasteiger partial charge in [-0.25, -0.2) is 0 Å². The predicted molar refractivity (Wildman–Crippen MR) is 106 cm³/mol. The number of ether oxygens (including phenoxy) is 1. The Labute approximate surface area is 158 Å². The van der Waals surface area contributed by atoms with E-state index in [0.29, 0.717) is 11.3 Å². The minimum absolute atomic E-state index is 0.266. The van der Waals surface area contributed by atoms with Crippen molar-refractivity contribution in [2.24, 2.45) is 0 Å². The summed E-state index contributed by atoms with van der Waals surface area (Å²) in [7, 11) is 1.61. The Morgan fingerprint density at radius 3 is 2.33 bits per heavy atom. The lowest BCUT2D eigenvalue weighted by molar-refractivity contribution is 0.102. The highest BCUT2D eigenvalue weighted by atomic mass is 16.5. The predicted octanol–water partition coefficient (Wildman–Crippen LogP) is 4.45. The largest absolute Gasteiger partial charge is 0.497 e. The van der Waals surface area contributed by atoms with Gasteiger partial charge in [0.15, 0.2) is 5.76 Å². The summed E-state index contributed by atoms with van der Waals surface area (Å²) < 4.78 is 10.5. The maximum Gasteiger partial charge on any atom is 0.261 e. The highest BCUT2D eigenvalue weighted by Gasteiger charge is 2.18. The smallest absolute Gasteiger partial charge is 0.261 e. The number of carbonyl (C=O) groups is 1. The topological polar surface area (TPSA) is 67.6 Å². The molecular weight excluding hydrogens is 342 g/mol. The molecule has 0 aliphatic carbocycles. The first kappa shape index (κ1) is 18.5. The van der Waals surface area contributed by atoms with E-state index in [1.807, 2.05) is 48.5 Å². The van der Waals surface area contributed by atoms with E-state index < -0.39 is 0 Å². The van der Waals surface area contributed by atoms with Gasteiger partial charge in [-0.05, 0) is 62.4 Å². The highest BCUT2D eigenvalue weighted by Crippen LogP contribution is 2.26. The summed E-state index contributed by atoms with van der Waals surface area (Å²) in [5.41, 5.74) is 2.99. The number of hydrogen-bond donors (Lipinski definition) is 1. The van der Waals surface area contributed by atoms with Crippen LogP contribution in [0.2, 0.25) is 0 Å². The Balaban J connectivity index is 1.76. The van der Waals surface area contributed by atoms with E-state index in [2.05, 4.69) is 29.2 Å². The Morgan fingerprint density at radius 2 is 1.74 bits per heavy atom. The van der Waals surface area contributed by atoms with Crippen LogP contribution in [-0.4, -0.2) is 31.3 Å². The average Bonchev–Trinajstić information content (AvgIpc) is 3.20. The van der Waals surface area contributed by atoms with Crippen LogP contribution >= 0.6 is 0 Å². The molecule has 0 saturated carbocycles. The molecule has 0 fully saturated rings. The fourth-order valence-electron chi connectivity index (χ4n) is 2.89. The average molecular weight is 365 g/mol. The van der Waals surface area contributed by atoms with Gasteiger partial charge in [0.05, 0.1) is 13.3 Å². The van der Waals surface area contributed by atoms with Crippen molar-refractivity contribution in [3.63, 3.8) is 0 Å². The summed E-state index contributed by atoms with van der Waals surface area (Å²) in [4.78, 5) is 14.9. The van der Waals surface area contributed by atoms with Crippen LogP contribution in [0.15, 0.2) is 59.3 Å². The SMILES string of the molecule is CCN(CC)c1ccc(NC(=O)c2cnoc2-c2ccc(OC)cc2)cc1. The third kappa shape index (κ3) is 4.11. The van der Waals surface area contributed by atoms with Gasteiger partial charge in [-0.2, -0.15) is 0 Å². The molecular formula is C21H23N3O3. The molecule has 0 atom stereocenters. The van der Waals surface area contributed by atoms with E-state index in [-0.39, 0.29) is 5.91 Å². The van der Waals surface area contributed by atoms with Crippen molar-refractivity contribution >= 4 is 17.3 Å². The summed E-state index contributed by atoms with van der Waals surface area (Å²) in [6.07, 6.45) is 1.43. The second-order valence-electron chi connectivity index (χ2n) is 5.97. The molecule has 6 heteroatoms. The van der Waals surface area contributed by atoms with Gasteiger partial charge in [-0.15, -0.1) is 0 Å². The van der Waals surface area contributed by atoms with Gasteiger partial charge >= 0.3 is 0 Å². The van der Waals surface area contributed by atoms with E-state index in [1.54, 1.807) is 7.11 Å². The fraction of sp³-hybridized carbons (Fsp3) is 0.238. The quantitative estimate of drug-likeness (QED) is 0.670. The zero-order valence-electron chi connectivity index (χ0n) is 15.7. The third-order valence-electron chi connectivity index (χ3n) is 4.42. The van der Waals surface area contributed by atoms with Crippen molar-refractivity contribution < 1.29 is 14.1 Å². The number of benzene rings is 2. The molecule has 2 aromatic carbocycles. The van der Waals surface area contributed by atoms with Gasteiger partial charge in [-0.1, -0.05) is 5.16 Å². The molecule has 1 amide bonds. The molecule has 1 aromatic heterocycles. The maximum atomic E-state index is 12.7. The molecule has 0 unspecified atom stereocenters. The summed E-state index contributed by atoms with van der Waals surface area (Å²) in [5.74, 6) is 0.894. The third-order valence-corrected chi connectivity index (χ3v) is 4.42. The zero-order chi connectivity index (χ0) is 19.2. The number of aromatic nitrogens is 1. The molecule has 0 saturated heterocycles. The summed E-state index contributed by atoms with van der Waals surface area (Å²) in [6, 6.07) is 15.1. The van der Waals surface area contributed by atoms with Gasteiger partial charge in [0, 0.05) is 30.0 Å². The first-order valence-electron chi connectivity index (χ1n) is 8.91. The van der Waals surface area contributed by atoms with Gasteiger partial charge in [0.2, 0.25) is 0 Å². The monoisotopic (exact) mass is 365 g/mol. The number of hydrogen-bond acceptors (Lipinski definition) is 5. The number of methoxy groups -OCH3 is 1. The zero-order valence-corrected chi connectivity index (χ0v) is 15.7. The Kier molecular flexibility index (Phi) is 5.76. The Hall–Kier alpha value is -3.28. The number of rotatable bonds is 7. The minimum Gasteiger partial charge on any atom is -0.497 e. The van der Waals surface area contributed by atoms with E-state index in [0.717, 1.165) is 35.8 Å². The molecule has 0 aliphatic rings. The van der Waals surface area contributed by atoms with Crippen LogP contribution in [-0.2, 0) is 0 Å². The van der Waals surface area contributed by atoms with Crippen LogP contribution in [0.3, 0.4) is 0 Å². The first-order valence-corrected chi connectivity index (χ1v) is 8.91. The Morgan fingerprint density at radius 1 is 1.07 bits per heavy atom. The lowest BCUT2D eigenvalue weighted by Gasteiger charge is -2.21. The second kappa shape index (κ2) is 8.40. The van der Waals surface area contributed by atoms with Crippen LogP contribution in [0, 0.1) is 0 Å². The molecule has 0 spiro atoms. The number of anilines is 2. The van der Waals surface area contributed by atoms with Gasteiger partial charge < -0.3 is 19.5 Å². The van der Waals surface area contributed by atoms with Gasteiger partial charge in [-0.3, -0.25) is 4.79 Å². The molecule has 0 radical (unpaired) electrons. The maximum absolute atomic E-state index is 12.7. The lowest BCUT2D eigenvalue weighted by Crippen LogP contribution is -2.21. The van der Waals surface area contributed by atoms with E-state index in [9.17, 15) is 4.79 Å². The second-order valence-corrected chi connectivity index (χ2v) is 5.97. The lowest BCUT2D eigenvalue weighted by atomic mass is 10.1. The molecule has 1 heterocycles. The van der Waals surface area contributed by atoms with E-state index in [4.69, 9.17) is 9.26 Å². The van der Waals surface area contributed by atoms with Gasteiger partial charge in [0.1, 0.15) is 11.3 Å². The van der Waals surface area contributed by atoms with Crippen LogP contribution < -0.4 is 15.0 Å². The molecule has 0 aliphatic heterocycles. The van der Waals surface area contributed by atoms with Crippen LogP contribution in [0.25, 0.3) is 11.3 Å². The van der Waals surface area contributed by atoms with E-state index in [1.165, 1.54) is 6.20 Å². The highest BCUT2D eigenvalue weighted by molar-refractivity contribution is 6.07. The van der Waals surface area contributed by atoms with Crippen molar-refractivity contribution in [1.29, 1.82) is 0 Å². The number of nitrogens with zero attached hydrogens (tertiary/aromatic N) is 2. The van der Waals surface area contributed by atoms with Crippen molar-refractivity contribution in [3.05, 3.63) is 60.3 Å². The number of carbonyl (C=O) groups excluding carboxylic acids is 1. The number of amides is 1. The van der Waals surface area contributed by atoms with Crippen LogP contribution in [0.4, 0.5) is 11.4 Å². The summed E-state index contributed by atoms with van der Waals surface area (Å²) >= 11 is 0. The van der Waals surface area contributed by atoms with Crippen molar-refractivity contribution in [2.45, 2.75) is 13.8 Å². The standard InChI is InChI=1S/C21H23N3O3/c1-4-24(5-2)17-10-8-16(9-11-17)23-21(25)19-14-22-27-20(19)15-6-12-18(26-3)13-7-15/h6-14H,4-5H2,1-3H3,(H,23,25). The summed E-state index contributed by atoms with van der Waals surface area (Å²) in [5, 5.41) is 6.69. The van der Waals surface area contributed by atoms with Crippen LogP contribution in [0.1, 0.15) is 24.2 Å². The molecule has 3 aromatic rings. The van der Waals surface area contributed by atoms with Crippen molar-refractivity contribution in [1.82, 2.24) is 5.16 Å². The van der Waals surface area contributed by atoms with Crippen LogP contribution in [0.5, 0.6) is 5.75 Å². The molecule has 27 heavy (non-hydrogen) atoms. The number of nitrogens with one attached hydrogen (secondary N) is 1. The van der Waals surface area contributed by atoms with Crippen molar-refractivity contribution in [3.8, 4) is 17.1 Å². The molecule has 3 rings (SSSR count). The van der Waals surface area contributed by atoms with Crippen molar-refractivity contribution in [2.75, 3.05) is 30.4 Å². The molecule has 1 N–H and O–H groups in total. The minimum atomic E-state index is -0.266. The summed E-state index contributed by atoms with van der Waals surface area (Å²) in [6.45, 7) is 6.11. The fourth-order valence-corrected chi connectivity index (χ4v) is 2.89. The van der Waals surface area contributed by atoms with E-state index >= 15 is 0 Å². The molecule has 140 valence electrons. The first-order chi connectivity index (χ1) is 13.2. The van der Waals surface area contributed by atoms with Gasteiger partial charge in [0.25, 0.3) is 5.91 Å². The molecule has 0 bridgehead atoms.